The van der Waals surface area contributed by atoms with E-state index in [1.165, 1.54) is 5.56 Å². The predicted octanol–water partition coefficient (Wildman–Crippen LogP) is 3.18. The second kappa shape index (κ2) is 4.37. The van der Waals surface area contributed by atoms with Gasteiger partial charge in [-0.25, -0.2) is 0 Å². The zero-order valence-corrected chi connectivity index (χ0v) is 10.4. The van der Waals surface area contributed by atoms with Gasteiger partial charge in [-0.15, -0.1) is 0 Å². The molecule has 0 saturated heterocycles. The SMILES string of the molecule is N#Cc1ccc([C@]2(C=O)C[C@@H]2c2ccccc2)cc1. The van der Waals surface area contributed by atoms with Gasteiger partial charge in [0, 0.05) is 5.92 Å². The molecule has 0 amide bonds. The van der Waals surface area contributed by atoms with Gasteiger partial charge < -0.3 is 4.79 Å². The maximum Gasteiger partial charge on any atom is 0.131 e. The van der Waals surface area contributed by atoms with Crippen molar-refractivity contribution < 1.29 is 4.79 Å². The molecule has 0 heterocycles. The zero-order chi connectivity index (χ0) is 13.3. The first-order valence-electron chi connectivity index (χ1n) is 6.32. The van der Waals surface area contributed by atoms with Crippen molar-refractivity contribution in [3.05, 3.63) is 71.3 Å². The number of hydrogen-bond acceptors (Lipinski definition) is 2. The van der Waals surface area contributed by atoms with E-state index in [4.69, 9.17) is 5.26 Å². The Morgan fingerprint density at radius 3 is 2.37 bits per heavy atom. The quantitative estimate of drug-likeness (QED) is 0.781. The van der Waals surface area contributed by atoms with E-state index in [0.29, 0.717) is 5.56 Å². The second-order valence-corrected chi connectivity index (χ2v) is 5.01. The van der Waals surface area contributed by atoms with E-state index in [1.807, 2.05) is 30.3 Å². The molecule has 1 aliphatic carbocycles. The van der Waals surface area contributed by atoms with Crippen molar-refractivity contribution in [3.63, 3.8) is 0 Å². The molecule has 1 fully saturated rings. The summed E-state index contributed by atoms with van der Waals surface area (Å²) < 4.78 is 0. The van der Waals surface area contributed by atoms with Crippen LogP contribution in [0.15, 0.2) is 54.6 Å². The smallest absolute Gasteiger partial charge is 0.131 e. The Labute approximate surface area is 112 Å². The topological polar surface area (TPSA) is 40.9 Å². The molecule has 0 spiro atoms. The second-order valence-electron chi connectivity index (χ2n) is 5.01. The molecule has 0 aromatic heterocycles. The largest absolute Gasteiger partial charge is 0.302 e. The van der Waals surface area contributed by atoms with Crippen molar-refractivity contribution in [2.24, 2.45) is 0 Å². The fraction of sp³-hybridized carbons (Fsp3) is 0.176. The predicted molar refractivity (Wildman–Crippen MR) is 72.7 cm³/mol. The minimum absolute atomic E-state index is 0.263. The van der Waals surface area contributed by atoms with Gasteiger partial charge in [-0.3, -0.25) is 0 Å². The summed E-state index contributed by atoms with van der Waals surface area (Å²) in [6, 6.07) is 19.6. The van der Waals surface area contributed by atoms with Crippen LogP contribution >= 0.6 is 0 Å². The lowest BCUT2D eigenvalue weighted by Crippen LogP contribution is -2.11. The normalized spacial score (nSPS) is 24.5. The fourth-order valence-corrected chi connectivity index (χ4v) is 2.75. The summed E-state index contributed by atoms with van der Waals surface area (Å²) in [6.07, 6.45) is 1.92. The molecule has 0 unspecified atom stereocenters. The van der Waals surface area contributed by atoms with Crippen LogP contribution in [0, 0.1) is 11.3 Å². The van der Waals surface area contributed by atoms with Crippen molar-refractivity contribution >= 4 is 6.29 Å². The van der Waals surface area contributed by atoms with Gasteiger partial charge in [0.25, 0.3) is 0 Å². The summed E-state index contributed by atoms with van der Waals surface area (Å²) in [5, 5.41) is 8.81. The molecular weight excluding hydrogens is 234 g/mol. The first-order valence-corrected chi connectivity index (χ1v) is 6.32. The van der Waals surface area contributed by atoms with E-state index >= 15 is 0 Å². The molecule has 19 heavy (non-hydrogen) atoms. The van der Waals surface area contributed by atoms with Gasteiger partial charge in [0.1, 0.15) is 6.29 Å². The summed E-state index contributed by atoms with van der Waals surface area (Å²) in [4.78, 5) is 11.6. The number of rotatable bonds is 3. The molecular formula is C17H13NO. The highest BCUT2D eigenvalue weighted by atomic mass is 16.1. The molecule has 92 valence electrons. The average molecular weight is 247 g/mol. The minimum atomic E-state index is -0.394. The number of benzene rings is 2. The van der Waals surface area contributed by atoms with Gasteiger partial charge in [-0.05, 0) is 29.7 Å². The number of carbonyl (C=O) groups is 1. The van der Waals surface area contributed by atoms with E-state index in [0.717, 1.165) is 18.3 Å². The van der Waals surface area contributed by atoms with Gasteiger partial charge in [-0.1, -0.05) is 42.5 Å². The van der Waals surface area contributed by atoms with Gasteiger partial charge in [-0.2, -0.15) is 5.26 Å². The maximum absolute atomic E-state index is 11.6. The van der Waals surface area contributed by atoms with Crippen molar-refractivity contribution in [2.45, 2.75) is 17.8 Å². The highest BCUT2D eigenvalue weighted by Crippen LogP contribution is 2.59. The third-order valence-electron chi connectivity index (χ3n) is 3.97. The van der Waals surface area contributed by atoms with E-state index in [2.05, 4.69) is 18.2 Å². The van der Waals surface area contributed by atoms with Gasteiger partial charge >= 0.3 is 0 Å². The van der Waals surface area contributed by atoms with Crippen LogP contribution in [0.4, 0.5) is 0 Å². The Hall–Kier alpha value is -2.40. The Morgan fingerprint density at radius 1 is 1.11 bits per heavy atom. The molecule has 2 aromatic carbocycles. The standard InChI is InChI=1S/C17H13NO/c18-11-13-6-8-15(9-7-13)17(12-19)10-16(17)14-4-2-1-3-5-14/h1-9,12,16H,10H2/t16-,17-/m1/s1. The Balaban J connectivity index is 1.94. The van der Waals surface area contributed by atoms with Gasteiger partial charge in [0.2, 0.25) is 0 Å². The zero-order valence-electron chi connectivity index (χ0n) is 10.4. The molecule has 0 bridgehead atoms. The number of carbonyl (C=O) groups excluding carboxylic acids is 1. The van der Waals surface area contributed by atoms with Crippen LogP contribution in [-0.4, -0.2) is 6.29 Å². The summed E-state index contributed by atoms with van der Waals surface area (Å²) in [7, 11) is 0. The first kappa shape index (κ1) is 11.7. The molecule has 3 rings (SSSR count). The Morgan fingerprint density at radius 2 is 1.79 bits per heavy atom. The molecule has 2 aromatic rings. The molecule has 0 radical (unpaired) electrons. The van der Waals surface area contributed by atoms with Gasteiger partial charge in [0.05, 0.1) is 17.0 Å². The van der Waals surface area contributed by atoms with E-state index in [-0.39, 0.29) is 5.92 Å². The summed E-state index contributed by atoms with van der Waals surface area (Å²) in [5.74, 6) is 0.263. The van der Waals surface area contributed by atoms with Crippen LogP contribution in [0.1, 0.15) is 29.0 Å². The lowest BCUT2D eigenvalue weighted by molar-refractivity contribution is -0.110. The number of hydrogen-bond donors (Lipinski definition) is 0. The van der Waals surface area contributed by atoms with E-state index in [1.54, 1.807) is 12.1 Å². The average Bonchev–Trinajstić information content (AvgIpc) is 3.24. The van der Waals surface area contributed by atoms with Crippen LogP contribution in [0.3, 0.4) is 0 Å². The number of nitriles is 1. The maximum atomic E-state index is 11.6. The van der Waals surface area contributed by atoms with Crippen LogP contribution in [0.2, 0.25) is 0 Å². The van der Waals surface area contributed by atoms with E-state index < -0.39 is 5.41 Å². The lowest BCUT2D eigenvalue weighted by atomic mass is 9.91. The third kappa shape index (κ3) is 1.84. The monoisotopic (exact) mass is 247 g/mol. The molecule has 2 atom stereocenters. The fourth-order valence-electron chi connectivity index (χ4n) is 2.75. The van der Waals surface area contributed by atoms with Crippen LogP contribution in [0.25, 0.3) is 0 Å². The first-order chi connectivity index (χ1) is 9.30. The summed E-state index contributed by atoms with van der Waals surface area (Å²) in [5.41, 5.74) is 2.45. The number of aldehydes is 1. The summed E-state index contributed by atoms with van der Waals surface area (Å²) in [6.45, 7) is 0. The van der Waals surface area contributed by atoms with Crippen molar-refractivity contribution in [2.75, 3.05) is 0 Å². The molecule has 1 saturated carbocycles. The van der Waals surface area contributed by atoms with Crippen LogP contribution in [0.5, 0.6) is 0 Å². The molecule has 1 aliphatic rings. The van der Waals surface area contributed by atoms with Crippen LogP contribution in [-0.2, 0) is 10.2 Å². The Bertz CT molecular complexity index is 639. The molecule has 0 N–H and O–H groups in total. The lowest BCUT2D eigenvalue weighted by Gasteiger charge is -2.10. The van der Waals surface area contributed by atoms with Crippen molar-refractivity contribution in [1.29, 1.82) is 5.26 Å². The van der Waals surface area contributed by atoms with Crippen molar-refractivity contribution in [1.82, 2.24) is 0 Å². The van der Waals surface area contributed by atoms with Crippen molar-refractivity contribution in [3.8, 4) is 6.07 Å². The highest BCUT2D eigenvalue weighted by Gasteiger charge is 2.56. The van der Waals surface area contributed by atoms with Gasteiger partial charge in [0.15, 0.2) is 0 Å². The highest BCUT2D eigenvalue weighted by molar-refractivity contribution is 5.77. The molecule has 2 nitrogen and oxygen atoms in total. The molecule has 0 aliphatic heterocycles. The Kier molecular flexibility index (Phi) is 2.68. The molecule has 2 heteroatoms. The van der Waals surface area contributed by atoms with Crippen LogP contribution < -0.4 is 0 Å². The minimum Gasteiger partial charge on any atom is -0.302 e. The number of nitrogens with zero attached hydrogens (tertiary/aromatic N) is 1. The third-order valence-corrected chi connectivity index (χ3v) is 3.97. The summed E-state index contributed by atoms with van der Waals surface area (Å²) >= 11 is 0. The van der Waals surface area contributed by atoms with E-state index in [9.17, 15) is 4.79 Å².